The smallest absolute Gasteiger partial charge is 0.165 e. The predicted octanol–water partition coefficient (Wildman–Crippen LogP) is 7.43. The molecule has 4 aromatic rings. The molecule has 0 unspecified atom stereocenters. The minimum Gasteiger partial charge on any atom is -0.496 e. The molecule has 2 aromatic heterocycles. The van der Waals surface area contributed by atoms with Crippen molar-refractivity contribution in [3.63, 3.8) is 0 Å². The number of carbonyl (C=O) groups excluding carboxylic acids is 1. The van der Waals surface area contributed by atoms with Gasteiger partial charge in [-0.25, -0.2) is 0 Å². The van der Waals surface area contributed by atoms with E-state index in [1.807, 2.05) is 36.4 Å². The van der Waals surface area contributed by atoms with E-state index in [-0.39, 0.29) is 11.2 Å². The van der Waals surface area contributed by atoms with Gasteiger partial charge in [-0.1, -0.05) is 67.4 Å². The molecule has 166 valence electrons. The normalized spacial score (nSPS) is 14.9. The zero-order valence-electron chi connectivity index (χ0n) is 18.6. The summed E-state index contributed by atoms with van der Waals surface area (Å²) in [6.45, 7) is 4.18. The molecule has 0 amide bonds. The van der Waals surface area contributed by atoms with Gasteiger partial charge < -0.3 is 4.74 Å². The highest BCUT2D eigenvalue weighted by Gasteiger charge is 2.35. The second kappa shape index (κ2) is 8.12. The quantitative estimate of drug-likeness (QED) is 0.308. The lowest BCUT2D eigenvalue weighted by Gasteiger charge is -2.31. The number of benzene rings is 2. The molecule has 33 heavy (non-hydrogen) atoms. The monoisotopic (exact) mass is 476 g/mol. The molecule has 5 rings (SSSR count). The van der Waals surface area contributed by atoms with Crippen LogP contribution in [0.4, 0.5) is 0 Å². The molecule has 2 heterocycles. The Kier molecular flexibility index (Phi) is 5.38. The van der Waals surface area contributed by atoms with E-state index < -0.39 is 0 Å². The number of ketones is 1. The summed E-state index contributed by atoms with van der Waals surface area (Å²) in [5.41, 5.74) is 4.01. The summed E-state index contributed by atoms with van der Waals surface area (Å²) in [6, 6.07) is 15.6. The standard InChI is InChI=1S/C27H22Cl2N2O2/c1-27(2)12-21-25(22(32)13-27)18(11-20(31-21)26-19(29)10-16(28)14-30-26)24-17-7-5-4-6-15(17)8-9-23(24)33-3/h4-11,14H,12-13H2,1-3H3. The molecule has 0 radical (unpaired) electrons. The van der Waals surface area contributed by atoms with Gasteiger partial charge in [0.2, 0.25) is 0 Å². The lowest BCUT2D eigenvalue weighted by atomic mass is 9.73. The van der Waals surface area contributed by atoms with Crippen LogP contribution in [0.3, 0.4) is 0 Å². The van der Waals surface area contributed by atoms with Crippen molar-refractivity contribution < 1.29 is 9.53 Å². The van der Waals surface area contributed by atoms with Crippen molar-refractivity contribution in [1.29, 1.82) is 0 Å². The number of fused-ring (bicyclic) bond motifs is 2. The fourth-order valence-electron chi connectivity index (χ4n) is 4.70. The fourth-order valence-corrected chi connectivity index (χ4v) is 5.17. The molecule has 0 atom stereocenters. The minimum absolute atomic E-state index is 0.0837. The summed E-state index contributed by atoms with van der Waals surface area (Å²) in [4.78, 5) is 22.8. The maximum absolute atomic E-state index is 13.5. The van der Waals surface area contributed by atoms with Crippen molar-refractivity contribution in [3.05, 3.63) is 76.0 Å². The van der Waals surface area contributed by atoms with Crippen molar-refractivity contribution in [1.82, 2.24) is 9.97 Å². The molecule has 0 fully saturated rings. The van der Waals surface area contributed by atoms with E-state index in [1.165, 1.54) is 0 Å². The van der Waals surface area contributed by atoms with Gasteiger partial charge in [0.15, 0.2) is 5.78 Å². The predicted molar refractivity (Wildman–Crippen MR) is 133 cm³/mol. The number of aromatic nitrogens is 2. The molecule has 1 aliphatic carbocycles. The van der Waals surface area contributed by atoms with Crippen molar-refractivity contribution >= 4 is 39.8 Å². The third kappa shape index (κ3) is 3.88. The van der Waals surface area contributed by atoms with Gasteiger partial charge >= 0.3 is 0 Å². The second-order valence-corrected chi connectivity index (χ2v) is 10.0. The first kappa shape index (κ1) is 21.9. The number of pyridine rings is 2. The number of ether oxygens (including phenoxy) is 1. The molecular weight excluding hydrogens is 455 g/mol. The largest absolute Gasteiger partial charge is 0.496 e. The number of Topliss-reactive ketones (excluding diaryl/α,β-unsaturated/α-hetero) is 1. The Labute approximate surface area is 202 Å². The van der Waals surface area contributed by atoms with Crippen molar-refractivity contribution in [3.8, 4) is 28.3 Å². The number of rotatable bonds is 3. The molecule has 2 aromatic carbocycles. The molecule has 0 aliphatic heterocycles. The van der Waals surface area contributed by atoms with Gasteiger partial charge in [-0.2, -0.15) is 0 Å². The van der Waals surface area contributed by atoms with Crippen molar-refractivity contribution in [2.45, 2.75) is 26.7 Å². The Morgan fingerprint density at radius 2 is 1.79 bits per heavy atom. The topological polar surface area (TPSA) is 52.1 Å². The van der Waals surface area contributed by atoms with Gasteiger partial charge in [0.05, 0.1) is 28.5 Å². The molecule has 0 spiro atoms. The summed E-state index contributed by atoms with van der Waals surface area (Å²) >= 11 is 12.6. The van der Waals surface area contributed by atoms with E-state index in [4.69, 9.17) is 32.9 Å². The first-order chi connectivity index (χ1) is 15.8. The van der Waals surface area contributed by atoms with Crippen LogP contribution in [0.25, 0.3) is 33.3 Å². The summed E-state index contributed by atoms with van der Waals surface area (Å²) in [7, 11) is 1.64. The zero-order chi connectivity index (χ0) is 23.3. The van der Waals surface area contributed by atoms with Gasteiger partial charge in [-0.15, -0.1) is 0 Å². The lowest BCUT2D eigenvalue weighted by Crippen LogP contribution is -2.28. The first-order valence-corrected chi connectivity index (χ1v) is 11.5. The molecule has 6 heteroatoms. The van der Waals surface area contributed by atoms with Crippen LogP contribution in [-0.4, -0.2) is 22.9 Å². The highest BCUT2D eigenvalue weighted by atomic mass is 35.5. The fraction of sp³-hybridized carbons (Fsp3) is 0.222. The van der Waals surface area contributed by atoms with Crippen LogP contribution < -0.4 is 4.74 Å². The summed E-state index contributed by atoms with van der Waals surface area (Å²) in [6.07, 6.45) is 2.69. The van der Waals surface area contributed by atoms with E-state index in [0.29, 0.717) is 45.6 Å². The Balaban J connectivity index is 1.88. The van der Waals surface area contributed by atoms with Crippen LogP contribution in [0.15, 0.2) is 54.7 Å². The Hall–Kier alpha value is -2.95. The van der Waals surface area contributed by atoms with E-state index in [1.54, 1.807) is 19.4 Å². The van der Waals surface area contributed by atoms with Crippen LogP contribution in [0.5, 0.6) is 5.75 Å². The van der Waals surface area contributed by atoms with Gasteiger partial charge in [0, 0.05) is 29.3 Å². The third-order valence-electron chi connectivity index (χ3n) is 6.09. The first-order valence-electron chi connectivity index (χ1n) is 10.7. The van der Waals surface area contributed by atoms with Crippen LogP contribution in [0.1, 0.15) is 36.3 Å². The Morgan fingerprint density at radius 3 is 2.55 bits per heavy atom. The van der Waals surface area contributed by atoms with Crippen molar-refractivity contribution in [2.24, 2.45) is 5.41 Å². The van der Waals surface area contributed by atoms with Crippen LogP contribution in [0.2, 0.25) is 10.0 Å². The second-order valence-electron chi connectivity index (χ2n) is 9.17. The molecule has 0 saturated heterocycles. The maximum Gasteiger partial charge on any atom is 0.165 e. The van der Waals surface area contributed by atoms with Gasteiger partial charge in [0.1, 0.15) is 11.4 Å². The van der Waals surface area contributed by atoms with Crippen molar-refractivity contribution in [2.75, 3.05) is 7.11 Å². The Morgan fingerprint density at radius 1 is 1.00 bits per heavy atom. The van der Waals surface area contributed by atoms with Gasteiger partial charge in [0.25, 0.3) is 0 Å². The van der Waals surface area contributed by atoms with E-state index >= 15 is 0 Å². The molecule has 0 bridgehead atoms. The van der Waals surface area contributed by atoms with Gasteiger partial charge in [-0.3, -0.25) is 14.8 Å². The summed E-state index contributed by atoms with van der Waals surface area (Å²) < 4.78 is 5.77. The number of hydrogen-bond acceptors (Lipinski definition) is 4. The Bertz CT molecular complexity index is 1430. The highest BCUT2D eigenvalue weighted by molar-refractivity contribution is 6.36. The van der Waals surface area contributed by atoms with E-state index in [0.717, 1.165) is 27.6 Å². The number of nitrogens with zero attached hydrogens (tertiary/aromatic N) is 2. The number of carbonyl (C=O) groups is 1. The minimum atomic E-state index is -0.187. The highest BCUT2D eigenvalue weighted by Crippen LogP contribution is 2.45. The summed E-state index contributed by atoms with van der Waals surface area (Å²) in [5, 5.41) is 2.93. The molecule has 0 N–H and O–H groups in total. The average molecular weight is 477 g/mol. The van der Waals surface area contributed by atoms with E-state index in [2.05, 4.69) is 24.9 Å². The number of halogens is 2. The molecule has 4 nitrogen and oxygen atoms in total. The maximum atomic E-state index is 13.5. The SMILES string of the molecule is COc1ccc2ccccc2c1-c1cc(-c2ncc(Cl)cc2Cl)nc2c1C(=O)CC(C)(C)C2. The number of hydrogen-bond donors (Lipinski definition) is 0. The number of methoxy groups -OCH3 is 1. The molecular formula is C27H22Cl2N2O2. The van der Waals surface area contributed by atoms with E-state index in [9.17, 15) is 4.79 Å². The average Bonchev–Trinajstić information content (AvgIpc) is 2.76. The van der Waals surface area contributed by atoms with Crippen LogP contribution in [-0.2, 0) is 6.42 Å². The van der Waals surface area contributed by atoms with Crippen LogP contribution >= 0.6 is 23.2 Å². The summed E-state index contributed by atoms with van der Waals surface area (Å²) in [5.74, 6) is 0.779. The van der Waals surface area contributed by atoms with Crippen LogP contribution in [0, 0.1) is 5.41 Å². The molecule has 1 aliphatic rings. The van der Waals surface area contributed by atoms with Gasteiger partial charge in [-0.05, 0) is 40.8 Å². The third-order valence-corrected chi connectivity index (χ3v) is 6.58. The zero-order valence-corrected chi connectivity index (χ0v) is 20.1. The molecule has 0 saturated carbocycles. The lowest BCUT2D eigenvalue weighted by molar-refractivity contribution is 0.0911.